The van der Waals surface area contributed by atoms with E-state index in [2.05, 4.69) is 10.6 Å². The van der Waals surface area contributed by atoms with E-state index in [1.54, 1.807) is 49.4 Å². The molecule has 2 rings (SSSR count). The number of anilines is 1. The van der Waals surface area contributed by atoms with Crippen LogP contribution in [0.3, 0.4) is 0 Å². The molecule has 0 radical (unpaired) electrons. The summed E-state index contributed by atoms with van der Waals surface area (Å²) in [4.78, 5) is 36.3. The van der Waals surface area contributed by atoms with E-state index in [9.17, 15) is 14.4 Å². The van der Waals surface area contributed by atoms with Crippen LogP contribution in [0.1, 0.15) is 25.0 Å². The number of rotatable bonds is 6. The third-order valence-electron chi connectivity index (χ3n) is 3.82. The van der Waals surface area contributed by atoms with E-state index in [1.807, 2.05) is 6.07 Å². The Kier molecular flexibility index (Phi) is 7.35. The summed E-state index contributed by atoms with van der Waals surface area (Å²) in [5, 5.41) is 5.63. The minimum absolute atomic E-state index is 0.0581. The second kappa shape index (κ2) is 9.71. The van der Waals surface area contributed by atoms with Gasteiger partial charge < -0.3 is 15.4 Å². The summed E-state index contributed by atoms with van der Waals surface area (Å²) in [6, 6.07) is 14.1. The van der Waals surface area contributed by atoms with E-state index in [0.29, 0.717) is 21.8 Å². The fourth-order valence-corrected chi connectivity index (χ4v) is 2.48. The molecule has 28 heavy (non-hydrogen) atoms. The Bertz CT molecular complexity index is 910. The highest BCUT2D eigenvalue weighted by Crippen LogP contribution is 2.23. The molecule has 146 valence electrons. The number of hydrogen-bond acceptors (Lipinski definition) is 4. The largest absolute Gasteiger partial charge is 0.448 e. The van der Waals surface area contributed by atoms with Crippen molar-refractivity contribution in [2.45, 2.75) is 26.9 Å². The molecule has 0 saturated carbocycles. The van der Waals surface area contributed by atoms with E-state index in [0.717, 1.165) is 0 Å². The first kappa shape index (κ1) is 21.2. The highest BCUT2D eigenvalue weighted by Gasteiger charge is 2.22. The van der Waals surface area contributed by atoms with Crippen molar-refractivity contribution in [1.29, 1.82) is 0 Å². The average molecular weight is 401 g/mol. The number of hydrogen-bond donors (Lipinski definition) is 2. The van der Waals surface area contributed by atoms with Gasteiger partial charge in [0.15, 0.2) is 6.10 Å². The fraction of sp³-hybridized carbons (Fsp3) is 0.190. The van der Waals surface area contributed by atoms with E-state index in [-0.39, 0.29) is 5.70 Å². The Hall–Kier alpha value is -3.12. The highest BCUT2D eigenvalue weighted by atomic mass is 35.5. The molecule has 0 unspecified atom stereocenters. The Morgan fingerprint density at radius 3 is 2.39 bits per heavy atom. The van der Waals surface area contributed by atoms with Crippen LogP contribution in [0.2, 0.25) is 5.02 Å². The van der Waals surface area contributed by atoms with Crippen LogP contribution in [0.5, 0.6) is 0 Å². The number of carbonyl (C=O) groups excluding carboxylic acids is 3. The minimum atomic E-state index is -1.08. The number of benzene rings is 2. The Morgan fingerprint density at radius 1 is 1.07 bits per heavy atom. The SMILES string of the molecule is CC(=O)N/C(=C\c1ccccc1)C(=O)O[C@H](C)C(=O)Nc1cccc(Cl)c1C. The van der Waals surface area contributed by atoms with Crippen LogP contribution in [-0.4, -0.2) is 23.9 Å². The van der Waals surface area contributed by atoms with Gasteiger partial charge in [-0.2, -0.15) is 0 Å². The van der Waals surface area contributed by atoms with Gasteiger partial charge in [0, 0.05) is 17.6 Å². The lowest BCUT2D eigenvalue weighted by Gasteiger charge is -2.16. The molecular weight excluding hydrogens is 380 g/mol. The molecule has 2 N–H and O–H groups in total. The van der Waals surface area contributed by atoms with E-state index in [4.69, 9.17) is 16.3 Å². The van der Waals surface area contributed by atoms with Crippen molar-refractivity contribution in [1.82, 2.24) is 5.32 Å². The molecule has 1 atom stereocenters. The first-order valence-corrected chi connectivity index (χ1v) is 8.97. The second-order valence-electron chi connectivity index (χ2n) is 6.10. The van der Waals surface area contributed by atoms with Crippen molar-refractivity contribution in [3.8, 4) is 0 Å². The van der Waals surface area contributed by atoms with Crippen LogP contribution >= 0.6 is 11.6 Å². The Balaban J connectivity index is 2.11. The summed E-state index contributed by atoms with van der Waals surface area (Å²) in [6.45, 7) is 4.50. The summed E-state index contributed by atoms with van der Waals surface area (Å²) in [7, 11) is 0. The zero-order valence-electron chi connectivity index (χ0n) is 15.8. The maximum Gasteiger partial charge on any atom is 0.355 e. The lowest BCUT2D eigenvalue weighted by molar-refractivity contribution is -0.149. The van der Waals surface area contributed by atoms with Crippen molar-refractivity contribution < 1.29 is 19.1 Å². The smallest absolute Gasteiger partial charge is 0.355 e. The Labute approximate surface area is 168 Å². The lowest BCUT2D eigenvalue weighted by Crippen LogP contribution is -2.34. The molecule has 0 heterocycles. The summed E-state index contributed by atoms with van der Waals surface area (Å²) < 4.78 is 5.22. The summed E-state index contributed by atoms with van der Waals surface area (Å²) in [6.07, 6.45) is 0.397. The average Bonchev–Trinajstić information content (AvgIpc) is 2.65. The van der Waals surface area contributed by atoms with Crippen LogP contribution in [0.15, 0.2) is 54.2 Å². The zero-order chi connectivity index (χ0) is 20.7. The third kappa shape index (κ3) is 5.96. The third-order valence-corrected chi connectivity index (χ3v) is 4.23. The van der Waals surface area contributed by atoms with E-state index >= 15 is 0 Å². The quantitative estimate of drug-likeness (QED) is 0.572. The van der Waals surface area contributed by atoms with Gasteiger partial charge in [-0.25, -0.2) is 4.79 Å². The Morgan fingerprint density at radius 2 is 1.75 bits per heavy atom. The molecule has 0 aromatic heterocycles. The molecule has 2 aromatic rings. The maximum atomic E-state index is 12.5. The molecule has 0 aliphatic rings. The number of carbonyl (C=O) groups is 3. The molecule has 0 fully saturated rings. The van der Waals surface area contributed by atoms with Gasteiger partial charge >= 0.3 is 5.97 Å². The van der Waals surface area contributed by atoms with Crippen LogP contribution in [-0.2, 0) is 19.1 Å². The molecule has 2 amide bonds. The molecule has 0 aliphatic carbocycles. The predicted octanol–water partition coefficient (Wildman–Crippen LogP) is 3.70. The van der Waals surface area contributed by atoms with Crippen molar-refractivity contribution in [2.24, 2.45) is 0 Å². The molecule has 0 bridgehead atoms. The zero-order valence-corrected chi connectivity index (χ0v) is 16.5. The monoisotopic (exact) mass is 400 g/mol. The first-order valence-electron chi connectivity index (χ1n) is 8.59. The molecule has 0 spiro atoms. The van der Waals surface area contributed by atoms with Gasteiger partial charge in [0.05, 0.1) is 0 Å². The van der Waals surface area contributed by atoms with E-state index in [1.165, 1.54) is 19.9 Å². The molecular formula is C21H21ClN2O4. The molecule has 0 aliphatic heterocycles. The topological polar surface area (TPSA) is 84.5 Å². The second-order valence-corrected chi connectivity index (χ2v) is 6.51. The summed E-state index contributed by atoms with van der Waals surface area (Å²) in [5.41, 5.74) is 1.88. The molecule has 0 saturated heterocycles. The number of nitrogens with one attached hydrogen (secondary N) is 2. The maximum absolute atomic E-state index is 12.5. The van der Waals surface area contributed by atoms with Gasteiger partial charge in [-0.3, -0.25) is 9.59 Å². The van der Waals surface area contributed by atoms with Crippen LogP contribution in [0, 0.1) is 6.92 Å². The van der Waals surface area contributed by atoms with Crippen LogP contribution in [0.4, 0.5) is 5.69 Å². The standard InChI is InChI=1S/C21H21ClN2O4/c1-13-17(22)10-7-11-18(13)24-20(26)14(2)28-21(27)19(23-15(3)25)12-16-8-5-4-6-9-16/h4-12,14H,1-3H3,(H,23,25)(H,24,26)/b19-12-/t14-/m1/s1. The predicted molar refractivity (Wildman–Crippen MR) is 109 cm³/mol. The van der Waals surface area contributed by atoms with Gasteiger partial charge in [-0.15, -0.1) is 0 Å². The molecule has 7 heteroatoms. The fourth-order valence-electron chi connectivity index (χ4n) is 2.31. The van der Waals surface area contributed by atoms with Crippen molar-refractivity contribution in [3.63, 3.8) is 0 Å². The van der Waals surface area contributed by atoms with Crippen molar-refractivity contribution in [3.05, 3.63) is 70.4 Å². The number of ether oxygens (including phenoxy) is 1. The normalized spacial score (nSPS) is 12.1. The molecule has 6 nitrogen and oxygen atoms in total. The highest BCUT2D eigenvalue weighted by molar-refractivity contribution is 6.31. The number of halogens is 1. The van der Waals surface area contributed by atoms with Crippen LogP contribution in [0.25, 0.3) is 6.08 Å². The van der Waals surface area contributed by atoms with Gasteiger partial charge in [0.25, 0.3) is 5.91 Å². The summed E-state index contributed by atoms with van der Waals surface area (Å²) >= 11 is 6.04. The lowest BCUT2D eigenvalue weighted by atomic mass is 10.2. The van der Waals surface area contributed by atoms with Gasteiger partial charge in [-0.05, 0) is 43.2 Å². The van der Waals surface area contributed by atoms with E-state index < -0.39 is 23.9 Å². The van der Waals surface area contributed by atoms with Gasteiger partial charge in [-0.1, -0.05) is 48.0 Å². The summed E-state index contributed by atoms with van der Waals surface area (Å²) in [5.74, 6) is -1.75. The van der Waals surface area contributed by atoms with Crippen LogP contribution < -0.4 is 10.6 Å². The van der Waals surface area contributed by atoms with Gasteiger partial charge in [0.1, 0.15) is 5.70 Å². The van der Waals surface area contributed by atoms with Crippen molar-refractivity contribution >= 4 is 41.1 Å². The number of esters is 1. The number of amides is 2. The van der Waals surface area contributed by atoms with Crippen molar-refractivity contribution in [2.75, 3.05) is 5.32 Å². The molecule has 2 aromatic carbocycles. The van der Waals surface area contributed by atoms with Gasteiger partial charge in [0.2, 0.25) is 5.91 Å². The minimum Gasteiger partial charge on any atom is -0.448 e. The first-order chi connectivity index (χ1) is 13.3.